The van der Waals surface area contributed by atoms with E-state index in [1.54, 1.807) is 0 Å². The Bertz CT molecular complexity index is 108. The van der Waals surface area contributed by atoms with E-state index in [1.165, 1.54) is 0 Å². The topological polar surface area (TPSA) is 35.5 Å². The second-order valence-corrected chi connectivity index (χ2v) is 3.17. The molecule has 1 saturated heterocycles. The Labute approximate surface area is 68.4 Å². The van der Waals surface area contributed by atoms with E-state index >= 15 is 0 Å². The van der Waals surface area contributed by atoms with Gasteiger partial charge in [-0.1, -0.05) is 0 Å². The summed E-state index contributed by atoms with van der Waals surface area (Å²) >= 11 is 0. The Kier molecular flexibility index (Phi) is 3.83. The lowest BCUT2D eigenvalue weighted by molar-refractivity contribution is 0.156. The molecule has 0 spiro atoms. The van der Waals surface area contributed by atoms with Gasteiger partial charge in [-0.3, -0.25) is 4.90 Å². The summed E-state index contributed by atoms with van der Waals surface area (Å²) in [5.41, 5.74) is 0. The van der Waals surface area contributed by atoms with Crippen LogP contribution in [0.2, 0.25) is 0 Å². The average Bonchev–Trinajstić information content (AvgIpc) is 2.03. The molecule has 0 radical (unpaired) electrons. The first-order valence-corrected chi connectivity index (χ1v) is 4.40. The number of nitrogens with one attached hydrogen (secondary N) is 1. The summed E-state index contributed by atoms with van der Waals surface area (Å²) < 4.78 is 0. The first-order valence-electron chi connectivity index (χ1n) is 4.40. The quantitative estimate of drug-likeness (QED) is 0.590. The number of rotatable bonds is 3. The van der Waals surface area contributed by atoms with Gasteiger partial charge in [0.2, 0.25) is 0 Å². The number of aliphatic hydroxyl groups is 1. The van der Waals surface area contributed by atoms with Gasteiger partial charge in [-0.2, -0.15) is 0 Å². The van der Waals surface area contributed by atoms with Gasteiger partial charge in [0.15, 0.2) is 0 Å². The molecule has 1 atom stereocenters. The van der Waals surface area contributed by atoms with Crippen molar-refractivity contribution in [3.8, 4) is 0 Å². The molecule has 0 aromatic heterocycles. The first kappa shape index (κ1) is 8.97. The second kappa shape index (κ2) is 4.70. The molecule has 1 aliphatic heterocycles. The molecule has 0 aromatic rings. The molecule has 66 valence electrons. The second-order valence-electron chi connectivity index (χ2n) is 3.17. The molecule has 2 N–H and O–H groups in total. The van der Waals surface area contributed by atoms with E-state index in [9.17, 15) is 0 Å². The lowest BCUT2D eigenvalue weighted by Crippen LogP contribution is -2.50. The molecule has 3 heteroatoms. The van der Waals surface area contributed by atoms with Gasteiger partial charge in [0.1, 0.15) is 0 Å². The molecule has 0 amide bonds. The number of nitrogens with zero attached hydrogens (tertiary/aromatic N) is 1. The monoisotopic (exact) mass is 158 g/mol. The smallest absolute Gasteiger partial charge is 0.0443 e. The fourth-order valence-corrected chi connectivity index (χ4v) is 1.49. The van der Waals surface area contributed by atoms with Crippen LogP contribution in [0.1, 0.15) is 13.3 Å². The lowest BCUT2D eigenvalue weighted by atomic mass is 10.2. The standard InChI is InChI=1S/C8H18N2O/c1-8-7-9-3-5-10(8)4-2-6-11/h8-9,11H,2-7H2,1H3/t8-/m1/s1. The van der Waals surface area contributed by atoms with Crippen molar-refractivity contribution in [2.75, 3.05) is 32.8 Å². The molecule has 0 aliphatic carbocycles. The van der Waals surface area contributed by atoms with Crippen LogP contribution in [-0.4, -0.2) is 48.8 Å². The predicted octanol–water partition coefficient (Wildman–Crippen LogP) is -0.337. The minimum Gasteiger partial charge on any atom is -0.396 e. The molecule has 0 unspecified atom stereocenters. The van der Waals surface area contributed by atoms with Crippen molar-refractivity contribution in [3.63, 3.8) is 0 Å². The van der Waals surface area contributed by atoms with Gasteiger partial charge in [-0.15, -0.1) is 0 Å². The number of aliphatic hydroxyl groups excluding tert-OH is 1. The zero-order valence-corrected chi connectivity index (χ0v) is 7.21. The van der Waals surface area contributed by atoms with Gasteiger partial charge in [-0.25, -0.2) is 0 Å². The van der Waals surface area contributed by atoms with Crippen LogP contribution in [-0.2, 0) is 0 Å². The highest BCUT2D eigenvalue weighted by atomic mass is 16.3. The summed E-state index contributed by atoms with van der Waals surface area (Å²) in [4.78, 5) is 2.42. The van der Waals surface area contributed by atoms with Gasteiger partial charge in [-0.05, 0) is 13.3 Å². The maximum absolute atomic E-state index is 8.64. The highest BCUT2D eigenvalue weighted by molar-refractivity contribution is 4.75. The van der Waals surface area contributed by atoms with E-state index in [0.717, 1.165) is 32.6 Å². The fraction of sp³-hybridized carbons (Fsp3) is 1.00. The number of hydrogen-bond acceptors (Lipinski definition) is 3. The van der Waals surface area contributed by atoms with Crippen LogP contribution in [0.4, 0.5) is 0 Å². The summed E-state index contributed by atoms with van der Waals surface area (Å²) in [5.74, 6) is 0. The van der Waals surface area contributed by atoms with E-state index in [4.69, 9.17) is 5.11 Å². The van der Waals surface area contributed by atoms with Gasteiger partial charge in [0.25, 0.3) is 0 Å². The Balaban J connectivity index is 2.18. The minimum absolute atomic E-state index is 0.316. The van der Waals surface area contributed by atoms with Crippen LogP contribution in [0, 0.1) is 0 Å². The Morgan fingerprint density at radius 1 is 1.64 bits per heavy atom. The summed E-state index contributed by atoms with van der Waals surface area (Å²) in [6.07, 6.45) is 0.907. The van der Waals surface area contributed by atoms with Gasteiger partial charge >= 0.3 is 0 Å². The number of piperazine rings is 1. The largest absolute Gasteiger partial charge is 0.396 e. The van der Waals surface area contributed by atoms with Gasteiger partial charge < -0.3 is 10.4 Å². The summed E-state index contributed by atoms with van der Waals surface area (Å²) in [6.45, 7) is 6.89. The minimum atomic E-state index is 0.316. The average molecular weight is 158 g/mol. The van der Waals surface area contributed by atoms with Crippen LogP contribution in [0.25, 0.3) is 0 Å². The molecule has 1 rings (SSSR count). The molecule has 0 aromatic carbocycles. The van der Waals surface area contributed by atoms with Crippen molar-refractivity contribution >= 4 is 0 Å². The van der Waals surface area contributed by atoms with Gasteiger partial charge in [0.05, 0.1) is 0 Å². The predicted molar refractivity (Wildman–Crippen MR) is 45.6 cm³/mol. The molecule has 1 heterocycles. The maximum atomic E-state index is 8.64. The van der Waals surface area contributed by atoms with Crippen molar-refractivity contribution in [1.82, 2.24) is 10.2 Å². The molecule has 3 nitrogen and oxygen atoms in total. The van der Waals surface area contributed by atoms with Crippen LogP contribution in [0.5, 0.6) is 0 Å². The molecular weight excluding hydrogens is 140 g/mol. The van der Waals surface area contributed by atoms with Crippen molar-refractivity contribution < 1.29 is 5.11 Å². The molecule has 1 fully saturated rings. The highest BCUT2D eigenvalue weighted by Crippen LogP contribution is 2.02. The molecule has 1 aliphatic rings. The SMILES string of the molecule is C[C@@H]1CNCCN1CCCO. The van der Waals surface area contributed by atoms with E-state index in [-0.39, 0.29) is 0 Å². The Morgan fingerprint density at radius 3 is 3.09 bits per heavy atom. The van der Waals surface area contributed by atoms with E-state index in [0.29, 0.717) is 12.6 Å². The van der Waals surface area contributed by atoms with Crippen molar-refractivity contribution in [2.24, 2.45) is 0 Å². The molecule has 0 bridgehead atoms. The van der Waals surface area contributed by atoms with Crippen molar-refractivity contribution in [2.45, 2.75) is 19.4 Å². The van der Waals surface area contributed by atoms with E-state index in [2.05, 4.69) is 17.1 Å². The molecular formula is C8H18N2O. The van der Waals surface area contributed by atoms with Crippen LogP contribution < -0.4 is 5.32 Å². The third-order valence-corrected chi connectivity index (χ3v) is 2.24. The van der Waals surface area contributed by atoms with Gasteiger partial charge in [0, 0.05) is 38.8 Å². The highest BCUT2D eigenvalue weighted by Gasteiger charge is 2.16. The molecule has 0 saturated carbocycles. The third kappa shape index (κ3) is 2.77. The van der Waals surface area contributed by atoms with E-state index in [1.807, 2.05) is 0 Å². The van der Waals surface area contributed by atoms with Crippen molar-refractivity contribution in [3.05, 3.63) is 0 Å². The summed E-state index contributed by atoms with van der Waals surface area (Å²) in [5, 5.41) is 12.0. The summed E-state index contributed by atoms with van der Waals surface area (Å²) in [6, 6.07) is 0.635. The van der Waals surface area contributed by atoms with Crippen LogP contribution in [0.3, 0.4) is 0 Å². The third-order valence-electron chi connectivity index (χ3n) is 2.24. The molecule has 11 heavy (non-hydrogen) atoms. The van der Waals surface area contributed by atoms with E-state index < -0.39 is 0 Å². The summed E-state index contributed by atoms with van der Waals surface area (Å²) in [7, 11) is 0. The normalized spacial score (nSPS) is 27.3. The number of hydrogen-bond donors (Lipinski definition) is 2. The zero-order valence-electron chi connectivity index (χ0n) is 7.21. The van der Waals surface area contributed by atoms with Crippen molar-refractivity contribution in [1.29, 1.82) is 0 Å². The maximum Gasteiger partial charge on any atom is 0.0443 e. The van der Waals surface area contributed by atoms with Crippen LogP contribution >= 0.6 is 0 Å². The zero-order chi connectivity index (χ0) is 8.10. The Hall–Kier alpha value is -0.120. The first-order chi connectivity index (χ1) is 5.34. The van der Waals surface area contributed by atoms with Crippen LogP contribution in [0.15, 0.2) is 0 Å². The Morgan fingerprint density at radius 2 is 2.45 bits per heavy atom. The fourth-order valence-electron chi connectivity index (χ4n) is 1.49. The lowest BCUT2D eigenvalue weighted by Gasteiger charge is -2.33.